The minimum atomic E-state index is -6.70. The van der Waals surface area contributed by atoms with Gasteiger partial charge < -0.3 is 14.7 Å². The lowest BCUT2D eigenvalue weighted by Crippen LogP contribution is -2.52. The summed E-state index contributed by atoms with van der Waals surface area (Å²) in [6, 6.07) is 0. The third kappa shape index (κ3) is 5.30. The molecule has 0 aliphatic carbocycles. The molecule has 0 amide bonds. The highest BCUT2D eigenvalue weighted by molar-refractivity contribution is 5.67. The first kappa shape index (κ1) is 21.6. The normalized spacial score (nSPS) is 16.4. The number of aliphatic hydroxyl groups excluding tert-OH is 1. The molecule has 0 aromatic rings. The number of aliphatic hydroxyl groups is 1. The SMILES string of the molecule is C[N+](C)(CC(=O)O)CC(O)C=C(F)C(F)(F)C(F)(F)C(F)(F)F. The molecule has 1 unspecified atom stereocenters. The molecular weight excluding hydrogens is 346 g/mol. The van der Waals surface area contributed by atoms with Crippen molar-refractivity contribution in [2.45, 2.75) is 24.1 Å². The van der Waals surface area contributed by atoms with Crippen molar-refractivity contribution in [1.29, 1.82) is 0 Å². The predicted molar refractivity (Wildman–Crippen MR) is 60.6 cm³/mol. The maximum Gasteiger partial charge on any atom is 0.460 e. The standard InChI is InChI=1S/C11H13F8NO3/c1-20(2,5-8(22)23)4-6(21)3-7(12)9(13,14)10(15,16)11(17,18)19/h3,6,21H,4-5H2,1-2H3/p+1. The molecule has 23 heavy (non-hydrogen) atoms. The summed E-state index contributed by atoms with van der Waals surface area (Å²) in [7, 11) is 2.37. The molecule has 0 saturated heterocycles. The molecule has 136 valence electrons. The number of aliphatic carboxylic acids is 1. The van der Waals surface area contributed by atoms with Gasteiger partial charge in [0.1, 0.15) is 12.6 Å². The summed E-state index contributed by atoms with van der Waals surface area (Å²) in [5.74, 6) is -17.4. The highest BCUT2D eigenvalue weighted by atomic mass is 19.4. The second-order valence-electron chi connectivity index (χ2n) is 5.40. The van der Waals surface area contributed by atoms with Gasteiger partial charge in [-0.3, -0.25) is 0 Å². The van der Waals surface area contributed by atoms with Crippen molar-refractivity contribution in [3.63, 3.8) is 0 Å². The smallest absolute Gasteiger partial charge is 0.460 e. The van der Waals surface area contributed by atoms with Gasteiger partial charge in [0.15, 0.2) is 12.4 Å². The zero-order valence-electron chi connectivity index (χ0n) is 11.8. The van der Waals surface area contributed by atoms with E-state index in [0.717, 1.165) is 0 Å². The Bertz CT molecular complexity index is 472. The van der Waals surface area contributed by atoms with E-state index in [1.54, 1.807) is 0 Å². The maximum absolute atomic E-state index is 13.1. The van der Waals surface area contributed by atoms with Crippen LogP contribution in [0.5, 0.6) is 0 Å². The van der Waals surface area contributed by atoms with E-state index < -0.39 is 59.6 Å². The van der Waals surface area contributed by atoms with Gasteiger partial charge in [-0.1, -0.05) is 0 Å². The van der Waals surface area contributed by atoms with Crippen molar-refractivity contribution in [3.8, 4) is 0 Å². The minimum Gasteiger partial charge on any atom is -0.477 e. The van der Waals surface area contributed by atoms with Crippen molar-refractivity contribution in [1.82, 2.24) is 0 Å². The lowest BCUT2D eigenvalue weighted by molar-refractivity contribution is -0.885. The lowest BCUT2D eigenvalue weighted by Gasteiger charge is -2.30. The Morgan fingerprint density at radius 3 is 1.91 bits per heavy atom. The van der Waals surface area contributed by atoms with Crippen molar-refractivity contribution < 1.29 is 54.6 Å². The van der Waals surface area contributed by atoms with Crippen LogP contribution in [-0.2, 0) is 4.79 Å². The fourth-order valence-corrected chi connectivity index (χ4v) is 1.59. The number of carbonyl (C=O) groups is 1. The monoisotopic (exact) mass is 360 g/mol. The van der Waals surface area contributed by atoms with Crippen molar-refractivity contribution >= 4 is 5.97 Å². The van der Waals surface area contributed by atoms with Gasteiger partial charge in [0.05, 0.1) is 14.1 Å². The number of halogens is 8. The number of hydrogen-bond acceptors (Lipinski definition) is 2. The summed E-state index contributed by atoms with van der Waals surface area (Å²) in [6.45, 7) is -1.35. The first-order chi connectivity index (χ1) is 9.94. The van der Waals surface area contributed by atoms with Crippen LogP contribution in [0.3, 0.4) is 0 Å². The number of rotatable bonds is 7. The summed E-state index contributed by atoms with van der Waals surface area (Å²) >= 11 is 0. The number of likely N-dealkylation sites (N-methyl/N-ethyl adjacent to an activating group) is 1. The van der Waals surface area contributed by atoms with E-state index in [4.69, 9.17) is 5.11 Å². The number of hydrogen-bond donors (Lipinski definition) is 2. The Balaban J connectivity index is 5.31. The highest BCUT2D eigenvalue weighted by Crippen LogP contribution is 2.50. The predicted octanol–water partition coefficient (Wildman–Crippen LogP) is 2.19. The number of alkyl halides is 7. The highest BCUT2D eigenvalue weighted by Gasteiger charge is 2.75. The summed E-state index contributed by atoms with van der Waals surface area (Å²) in [5, 5.41) is 17.9. The second kappa shape index (κ2) is 6.59. The van der Waals surface area contributed by atoms with Crippen LogP contribution in [-0.4, -0.2) is 72.0 Å². The zero-order chi connectivity index (χ0) is 18.9. The molecule has 4 nitrogen and oxygen atoms in total. The number of nitrogens with zero attached hydrogens (tertiary/aromatic N) is 1. The van der Waals surface area contributed by atoms with Gasteiger partial charge in [-0.15, -0.1) is 0 Å². The Labute approximate surface area is 125 Å². The van der Waals surface area contributed by atoms with Crippen LogP contribution in [0.1, 0.15) is 0 Å². The molecule has 0 saturated carbocycles. The number of carboxylic acid groups (broad SMARTS) is 1. The molecule has 1 atom stereocenters. The summed E-state index contributed by atoms with van der Waals surface area (Å²) in [6.07, 6.45) is -9.41. The van der Waals surface area contributed by atoms with Crippen LogP contribution in [0.2, 0.25) is 0 Å². The molecule has 0 heterocycles. The van der Waals surface area contributed by atoms with E-state index in [1.807, 2.05) is 0 Å². The van der Waals surface area contributed by atoms with E-state index in [2.05, 4.69) is 0 Å². The molecule has 0 rings (SSSR count). The van der Waals surface area contributed by atoms with Crippen molar-refractivity contribution in [2.24, 2.45) is 0 Å². The van der Waals surface area contributed by atoms with Crippen LogP contribution in [0.25, 0.3) is 0 Å². The second-order valence-corrected chi connectivity index (χ2v) is 5.40. The van der Waals surface area contributed by atoms with E-state index in [-0.39, 0.29) is 0 Å². The third-order valence-electron chi connectivity index (χ3n) is 2.63. The topological polar surface area (TPSA) is 57.5 Å². The minimum absolute atomic E-state index is 0.499. The van der Waals surface area contributed by atoms with E-state index in [9.17, 15) is 45.0 Å². The molecule has 0 aliphatic heterocycles. The molecule has 2 N–H and O–H groups in total. The van der Waals surface area contributed by atoms with Gasteiger partial charge in [-0.25, -0.2) is 9.18 Å². The van der Waals surface area contributed by atoms with Gasteiger partial charge in [-0.05, 0) is 6.08 Å². The van der Waals surface area contributed by atoms with Crippen LogP contribution in [0, 0.1) is 0 Å². The Morgan fingerprint density at radius 2 is 1.57 bits per heavy atom. The number of carboxylic acids is 1. The number of allylic oxidation sites excluding steroid dienone is 1. The fourth-order valence-electron chi connectivity index (χ4n) is 1.59. The average Bonchev–Trinajstić information content (AvgIpc) is 2.23. The quantitative estimate of drug-likeness (QED) is 0.541. The molecule has 0 spiro atoms. The van der Waals surface area contributed by atoms with Gasteiger partial charge in [0, 0.05) is 0 Å². The third-order valence-corrected chi connectivity index (χ3v) is 2.63. The van der Waals surface area contributed by atoms with Gasteiger partial charge in [0.2, 0.25) is 0 Å². The van der Waals surface area contributed by atoms with Crippen LogP contribution in [0.15, 0.2) is 11.9 Å². The van der Waals surface area contributed by atoms with E-state index in [1.165, 1.54) is 14.1 Å². The van der Waals surface area contributed by atoms with Gasteiger partial charge in [-0.2, -0.15) is 30.7 Å². The first-order valence-electron chi connectivity index (χ1n) is 5.86. The van der Waals surface area contributed by atoms with E-state index >= 15 is 0 Å². The average molecular weight is 360 g/mol. The van der Waals surface area contributed by atoms with Crippen molar-refractivity contribution in [2.75, 3.05) is 27.2 Å². The first-order valence-corrected chi connectivity index (χ1v) is 5.86. The maximum atomic E-state index is 13.1. The summed E-state index contributed by atoms with van der Waals surface area (Å²) < 4.78 is 99.4. The Kier molecular flexibility index (Phi) is 6.18. The molecule has 0 bridgehead atoms. The number of quaternary nitrogens is 1. The Morgan fingerprint density at radius 1 is 1.13 bits per heavy atom. The van der Waals surface area contributed by atoms with Crippen LogP contribution >= 0.6 is 0 Å². The van der Waals surface area contributed by atoms with Gasteiger partial charge >= 0.3 is 24.0 Å². The molecule has 0 aromatic heterocycles. The van der Waals surface area contributed by atoms with E-state index in [0.29, 0.717) is 0 Å². The van der Waals surface area contributed by atoms with Crippen LogP contribution < -0.4 is 0 Å². The molecule has 12 heteroatoms. The molecule has 0 fully saturated rings. The molecule has 0 aliphatic rings. The fraction of sp³-hybridized carbons (Fsp3) is 0.727. The van der Waals surface area contributed by atoms with Crippen LogP contribution in [0.4, 0.5) is 35.1 Å². The summed E-state index contributed by atoms with van der Waals surface area (Å²) in [4.78, 5) is 10.5. The summed E-state index contributed by atoms with van der Waals surface area (Å²) in [5.41, 5.74) is 0. The van der Waals surface area contributed by atoms with Crippen molar-refractivity contribution in [3.05, 3.63) is 11.9 Å². The Hall–Kier alpha value is -1.43. The largest absolute Gasteiger partial charge is 0.477 e. The molecule has 0 radical (unpaired) electrons. The molecule has 0 aromatic carbocycles. The molecular formula is C11H14F8NO3+. The lowest BCUT2D eigenvalue weighted by atomic mass is 10.1. The van der Waals surface area contributed by atoms with Gasteiger partial charge in [0.25, 0.3) is 0 Å². The zero-order valence-corrected chi connectivity index (χ0v) is 11.8.